The predicted octanol–water partition coefficient (Wildman–Crippen LogP) is 3.10. The number of hydrogen-bond acceptors (Lipinski definition) is 5. The van der Waals surface area contributed by atoms with Gasteiger partial charge < -0.3 is 5.32 Å². The van der Waals surface area contributed by atoms with Crippen LogP contribution < -0.4 is 16.2 Å². The fourth-order valence-electron chi connectivity index (χ4n) is 2.66. The Balaban J connectivity index is 1.86. The molecule has 0 saturated heterocycles. The Morgan fingerprint density at radius 1 is 1.13 bits per heavy atom. The van der Waals surface area contributed by atoms with Crippen molar-refractivity contribution in [3.05, 3.63) is 64.7 Å². The maximum atomic E-state index is 13.3. The Kier molecular flexibility index (Phi) is 6.83. The van der Waals surface area contributed by atoms with Gasteiger partial charge in [-0.15, -0.1) is 0 Å². The van der Waals surface area contributed by atoms with Crippen molar-refractivity contribution in [2.75, 3.05) is 12.3 Å². The van der Waals surface area contributed by atoms with Crippen LogP contribution in [0.2, 0.25) is 0 Å². The van der Waals surface area contributed by atoms with Gasteiger partial charge >= 0.3 is 6.03 Å². The first-order valence-corrected chi connectivity index (χ1v) is 10.3. The first-order chi connectivity index (χ1) is 14.3. The van der Waals surface area contributed by atoms with E-state index in [2.05, 4.69) is 15.6 Å². The van der Waals surface area contributed by atoms with Crippen LogP contribution in [0, 0.1) is 11.7 Å². The lowest BCUT2D eigenvalue weighted by Gasteiger charge is -2.13. The van der Waals surface area contributed by atoms with E-state index in [-0.39, 0.29) is 22.4 Å². The van der Waals surface area contributed by atoms with Gasteiger partial charge in [0.1, 0.15) is 5.82 Å². The number of thioether (sulfide) groups is 1. The molecule has 0 fully saturated rings. The highest BCUT2D eigenvalue weighted by molar-refractivity contribution is 7.99. The second-order valence-corrected chi connectivity index (χ2v) is 7.91. The number of halogens is 1. The number of aromatic nitrogens is 2. The number of fused-ring (bicyclic) bond motifs is 1. The van der Waals surface area contributed by atoms with Crippen LogP contribution in [0.4, 0.5) is 9.18 Å². The van der Waals surface area contributed by atoms with Crippen molar-refractivity contribution in [1.29, 1.82) is 0 Å². The largest absolute Gasteiger partial charge is 0.338 e. The molecule has 0 spiro atoms. The molecule has 1 heterocycles. The lowest BCUT2D eigenvalue weighted by molar-refractivity contribution is -0.117. The van der Waals surface area contributed by atoms with E-state index in [4.69, 9.17) is 0 Å². The summed E-state index contributed by atoms with van der Waals surface area (Å²) in [6.07, 6.45) is 0. The topological polar surface area (TPSA) is 93.1 Å². The highest BCUT2D eigenvalue weighted by atomic mass is 32.2. The first-order valence-electron chi connectivity index (χ1n) is 9.33. The average molecular weight is 428 g/mol. The number of carbonyl (C=O) groups is 2. The molecule has 0 aliphatic heterocycles. The van der Waals surface area contributed by atoms with Crippen molar-refractivity contribution >= 4 is 34.6 Å². The first kappa shape index (κ1) is 21.5. The predicted molar refractivity (Wildman–Crippen MR) is 114 cm³/mol. The Bertz CT molecular complexity index is 1130. The van der Waals surface area contributed by atoms with E-state index in [9.17, 15) is 18.8 Å². The quantitative estimate of drug-likeness (QED) is 0.465. The summed E-state index contributed by atoms with van der Waals surface area (Å²) in [6.45, 7) is 4.33. The van der Waals surface area contributed by atoms with Crippen molar-refractivity contribution < 1.29 is 14.0 Å². The molecule has 3 amide bonds. The van der Waals surface area contributed by atoms with Crippen molar-refractivity contribution in [3.63, 3.8) is 0 Å². The number of carbonyl (C=O) groups excluding carboxylic acids is 2. The third-order valence-electron chi connectivity index (χ3n) is 4.09. The van der Waals surface area contributed by atoms with Crippen LogP contribution in [0.3, 0.4) is 0 Å². The van der Waals surface area contributed by atoms with E-state index in [1.807, 2.05) is 13.8 Å². The molecule has 0 saturated carbocycles. The molecule has 30 heavy (non-hydrogen) atoms. The number of rotatable bonds is 6. The molecule has 0 atom stereocenters. The van der Waals surface area contributed by atoms with E-state index >= 15 is 0 Å². The minimum atomic E-state index is -0.573. The van der Waals surface area contributed by atoms with E-state index in [1.165, 1.54) is 28.8 Å². The molecule has 0 aliphatic rings. The summed E-state index contributed by atoms with van der Waals surface area (Å²) in [5.74, 6) is -0.816. The van der Waals surface area contributed by atoms with Gasteiger partial charge in [0.05, 0.1) is 22.3 Å². The summed E-state index contributed by atoms with van der Waals surface area (Å²) >= 11 is 1.02. The standard InChI is InChI=1S/C21H21FN4O3S/c1-13(2)11-23-20(29)25-18(27)12-30-21-24-17-6-4-3-5-16(17)19(28)26(21)15-9-7-14(22)8-10-15/h3-10,13H,11-12H2,1-2H3,(H2,23,25,27,29). The molecular formula is C21H21FN4O3S. The van der Waals surface area contributed by atoms with Crippen LogP contribution >= 0.6 is 11.8 Å². The summed E-state index contributed by atoms with van der Waals surface area (Å²) < 4.78 is 14.7. The van der Waals surface area contributed by atoms with E-state index < -0.39 is 17.8 Å². The molecule has 7 nitrogen and oxygen atoms in total. The number of nitrogens with zero attached hydrogens (tertiary/aromatic N) is 2. The number of amides is 3. The van der Waals surface area contributed by atoms with Crippen molar-refractivity contribution in [2.45, 2.75) is 19.0 Å². The van der Waals surface area contributed by atoms with Crippen molar-refractivity contribution in [3.8, 4) is 5.69 Å². The van der Waals surface area contributed by atoms with Gasteiger partial charge in [0.2, 0.25) is 5.91 Å². The monoisotopic (exact) mass is 428 g/mol. The Morgan fingerprint density at radius 2 is 1.83 bits per heavy atom. The molecule has 2 N–H and O–H groups in total. The fraction of sp³-hybridized carbons (Fsp3) is 0.238. The minimum absolute atomic E-state index is 0.124. The van der Waals surface area contributed by atoms with Crippen molar-refractivity contribution in [1.82, 2.24) is 20.2 Å². The second-order valence-electron chi connectivity index (χ2n) is 6.97. The molecule has 0 bridgehead atoms. The summed E-state index contributed by atoms with van der Waals surface area (Å²) in [4.78, 5) is 41.5. The van der Waals surface area contributed by atoms with Gasteiger partial charge in [0.25, 0.3) is 5.56 Å². The zero-order chi connectivity index (χ0) is 21.7. The summed E-state index contributed by atoms with van der Waals surface area (Å²) in [5.41, 5.74) is 0.584. The van der Waals surface area contributed by atoms with Gasteiger partial charge in [0, 0.05) is 6.54 Å². The highest BCUT2D eigenvalue weighted by Gasteiger charge is 2.16. The SMILES string of the molecule is CC(C)CNC(=O)NC(=O)CSc1nc2ccccc2c(=O)n1-c1ccc(F)cc1. The van der Waals surface area contributed by atoms with Crippen LogP contribution in [0.1, 0.15) is 13.8 Å². The fourth-order valence-corrected chi connectivity index (χ4v) is 3.47. The molecular weight excluding hydrogens is 407 g/mol. The smallest absolute Gasteiger partial charge is 0.321 e. The molecule has 0 unspecified atom stereocenters. The molecule has 0 aliphatic carbocycles. The lowest BCUT2D eigenvalue weighted by Crippen LogP contribution is -2.41. The Morgan fingerprint density at radius 3 is 2.53 bits per heavy atom. The van der Waals surface area contributed by atoms with E-state index in [0.29, 0.717) is 23.1 Å². The second kappa shape index (κ2) is 9.53. The minimum Gasteiger partial charge on any atom is -0.338 e. The molecule has 3 aromatic rings. The number of urea groups is 1. The third-order valence-corrected chi connectivity index (χ3v) is 5.02. The maximum absolute atomic E-state index is 13.3. The van der Waals surface area contributed by atoms with Gasteiger partial charge in [-0.3, -0.25) is 19.5 Å². The molecule has 2 aromatic carbocycles. The van der Waals surface area contributed by atoms with Crippen LogP contribution in [0.5, 0.6) is 0 Å². The number of nitrogens with one attached hydrogen (secondary N) is 2. The molecule has 0 radical (unpaired) electrons. The Hall–Kier alpha value is -3.20. The normalized spacial score (nSPS) is 10.9. The van der Waals surface area contributed by atoms with Gasteiger partial charge in [-0.25, -0.2) is 14.2 Å². The van der Waals surface area contributed by atoms with Crippen LogP contribution in [0.15, 0.2) is 58.5 Å². The Labute approximate surface area is 176 Å². The maximum Gasteiger partial charge on any atom is 0.321 e. The van der Waals surface area contributed by atoms with Gasteiger partial charge in [0.15, 0.2) is 5.16 Å². The summed E-state index contributed by atoms with van der Waals surface area (Å²) in [5, 5.41) is 5.52. The molecule has 3 rings (SSSR count). The van der Waals surface area contributed by atoms with Crippen LogP contribution in [-0.2, 0) is 4.79 Å². The summed E-state index contributed by atoms with van der Waals surface area (Å²) in [7, 11) is 0. The third kappa shape index (κ3) is 5.24. The van der Waals surface area contributed by atoms with Gasteiger partial charge in [-0.1, -0.05) is 37.7 Å². The van der Waals surface area contributed by atoms with Crippen LogP contribution in [0.25, 0.3) is 16.6 Å². The number of para-hydroxylation sites is 1. The highest BCUT2D eigenvalue weighted by Crippen LogP contribution is 2.21. The van der Waals surface area contributed by atoms with Crippen LogP contribution in [-0.4, -0.2) is 33.8 Å². The molecule has 156 valence electrons. The molecule has 1 aromatic heterocycles. The number of benzene rings is 2. The zero-order valence-electron chi connectivity index (χ0n) is 16.5. The van der Waals surface area contributed by atoms with E-state index in [0.717, 1.165) is 11.8 Å². The molecule has 9 heteroatoms. The lowest BCUT2D eigenvalue weighted by atomic mass is 10.2. The van der Waals surface area contributed by atoms with Crippen molar-refractivity contribution in [2.24, 2.45) is 5.92 Å². The zero-order valence-corrected chi connectivity index (χ0v) is 17.3. The number of hydrogen-bond donors (Lipinski definition) is 2. The van der Waals surface area contributed by atoms with Gasteiger partial charge in [-0.2, -0.15) is 0 Å². The number of imide groups is 1. The van der Waals surface area contributed by atoms with E-state index in [1.54, 1.807) is 24.3 Å². The summed E-state index contributed by atoms with van der Waals surface area (Å²) in [6, 6.07) is 11.7. The average Bonchev–Trinajstić information content (AvgIpc) is 2.72. The van der Waals surface area contributed by atoms with Gasteiger partial charge in [-0.05, 0) is 42.3 Å².